The summed E-state index contributed by atoms with van der Waals surface area (Å²) in [5, 5.41) is 8.83. The summed E-state index contributed by atoms with van der Waals surface area (Å²) in [6.45, 7) is 0.927. The van der Waals surface area contributed by atoms with E-state index in [4.69, 9.17) is 5.26 Å². The van der Waals surface area contributed by atoms with Crippen molar-refractivity contribution in [1.82, 2.24) is 9.80 Å². The molecule has 0 radical (unpaired) electrons. The summed E-state index contributed by atoms with van der Waals surface area (Å²) in [5.74, 6) is -0.682. The molecule has 2 saturated heterocycles. The van der Waals surface area contributed by atoms with Gasteiger partial charge in [-0.05, 0) is 30.5 Å². The topological polar surface area (TPSA) is 64.4 Å². The monoisotopic (exact) mass is 287 g/mol. The van der Waals surface area contributed by atoms with Crippen LogP contribution in [0.1, 0.15) is 24.0 Å². The van der Waals surface area contributed by atoms with E-state index in [1.54, 1.807) is 11.0 Å². The molecule has 3 rings (SSSR count). The highest BCUT2D eigenvalue weighted by Gasteiger charge is 2.41. The van der Waals surface area contributed by atoms with E-state index in [1.165, 1.54) is 23.1 Å². The molecule has 5 nitrogen and oxygen atoms in total. The maximum Gasteiger partial charge on any atom is 0.246 e. The van der Waals surface area contributed by atoms with Crippen LogP contribution in [0.15, 0.2) is 18.2 Å². The lowest BCUT2D eigenvalue weighted by Gasteiger charge is -2.36. The predicted molar refractivity (Wildman–Crippen MR) is 71.3 cm³/mol. The molecule has 0 N–H and O–H groups in total. The van der Waals surface area contributed by atoms with E-state index in [2.05, 4.69) is 0 Å². The molecule has 2 aliphatic heterocycles. The Kier molecular flexibility index (Phi) is 3.34. The van der Waals surface area contributed by atoms with Crippen molar-refractivity contribution in [2.75, 3.05) is 13.1 Å². The molecule has 2 amide bonds. The van der Waals surface area contributed by atoms with Gasteiger partial charge in [-0.15, -0.1) is 0 Å². The zero-order valence-electron chi connectivity index (χ0n) is 11.4. The van der Waals surface area contributed by atoms with E-state index in [1.807, 2.05) is 0 Å². The quantitative estimate of drug-likeness (QED) is 0.816. The number of rotatable bonds is 2. The third-order valence-corrected chi connectivity index (χ3v) is 4.02. The van der Waals surface area contributed by atoms with Crippen molar-refractivity contribution in [2.24, 2.45) is 0 Å². The van der Waals surface area contributed by atoms with Gasteiger partial charge in [-0.3, -0.25) is 9.59 Å². The molecule has 21 heavy (non-hydrogen) atoms. The van der Waals surface area contributed by atoms with Crippen LogP contribution < -0.4 is 0 Å². The van der Waals surface area contributed by atoms with Crippen LogP contribution >= 0.6 is 0 Å². The van der Waals surface area contributed by atoms with Gasteiger partial charge in [0, 0.05) is 13.1 Å². The van der Waals surface area contributed by atoms with Crippen LogP contribution in [-0.2, 0) is 16.1 Å². The smallest absolute Gasteiger partial charge is 0.246 e. The molecule has 0 bridgehead atoms. The largest absolute Gasteiger partial charge is 0.329 e. The predicted octanol–water partition coefficient (Wildman–Crippen LogP) is 1.03. The molecule has 6 heteroatoms. The van der Waals surface area contributed by atoms with Crippen molar-refractivity contribution >= 4 is 11.8 Å². The molecule has 1 aromatic carbocycles. The minimum absolute atomic E-state index is 0.0419. The molecule has 1 aromatic rings. The van der Waals surface area contributed by atoms with Gasteiger partial charge >= 0.3 is 0 Å². The minimum Gasteiger partial charge on any atom is -0.329 e. The number of fused-ring (bicyclic) bond motifs is 1. The Morgan fingerprint density at radius 2 is 2.19 bits per heavy atom. The average molecular weight is 287 g/mol. The van der Waals surface area contributed by atoms with Crippen molar-refractivity contribution in [3.63, 3.8) is 0 Å². The van der Waals surface area contributed by atoms with Crippen molar-refractivity contribution in [3.8, 4) is 6.07 Å². The van der Waals surface area contributed by atoms with Gasteiger partial charge in [-0.25, -0.2) is 4.39 Å². The number of hydrogen-bond acceptors (Lipinski definition) is 3. The number of amides is 2. The van der Waals surface area contributed by atoms with Crippen molar-refractivity contribution in [3.05, 3.63) is 35.1 Å². The average Bonchev–Trinajstić information content (AvgIpc) is 2.96. The molecular formula is C15H14FN3O2. The summed E-state index contributed by atoms with van der Waals surface area (Å²) in [6.07, 6.45) is 1.55. The molecule has 0 aliphatic carbocycles. The van der Waals surface area contributed by atoms with Gasteiger partial charge in [0.15, 0.2) is 0 Å². The standard InChI is InChI=1S/C15H14FN3O2/c16-12-4-3-10(6-11(12)7-17)8-18-9-14(20)19-5-1-2-13(19)15(18)21/h3-4,6,13H,1-2,5,8-9H2. The zero-order valence-corrected chi connectivity index (χ0v) is 11.4. The maximum atomic E-state index is 13.3. The number of nitrogens with zero attached hydrogens (tertiary/aromatic N) is 3. The SMILES string of the molecule is N#Cc1cc(CN2CC(=O)N3CCCC3C2=O)ccc1F. The molecule has 1 unspecified atom stereocenters. The van der Waals surface area contributed by atoms with Gasteiger partial charge in [-0.2, -0.15) is 5.26 Å². The summed E-state index contributed by atoms with van der Waals surface area (Å²) in [4.78, 5) is 27.5. The highest BCUT2D eigenvalue weighted by atomic mass is 19.1. The fourth-order valence-electron chi connectivity index (χ4n) is 2.98. The van der Waals surface area contributed by atoms with E-state index in [0.717, 1.165) is 6.42 Å². The van der Waals surface area contributed by atoms with Crippen LogP contribution in [0.3, 0.4) is 0 Å². The highest BCUT2D eigenvalue weighted by molar-refractivity contribution is 5.95. The number of nitriles is 1. The van der Waals surface area contributed by atoms with Gasteiger partial charge in [0.1, 0.15) is 24.5 Å². The van der Waals surface area contributed by atoms with Gasteiger partial charge in [-0.1, -0.05) is 6.07 Å². The Bertz CT molecular complexity index is 653. The third-order valence-electron chi connectivity index (χ3n) is 4.02. The first-order chi connectivity index (χ1) is 10.1. The number of benzene rings is 1. The summed E-state index contributed by atoms with van der Waals surface area (Å²) in [6, 6.07) is 5.61. The Morgan fingerprint density at radius 3 is 2.95 bits per heavy atom. The maximum absolute atomic E-state index is 13.3. The Labute approximate surface area is 121 Å². The lowest BCUT2D eigenvalue weighted by atomic mass is 10.1. The molecule has 1 atom stereocenters. The third kappa shape index (κ3) is 2.35. The van der Waals surface area contributed by atoms with E-state index in [9.17, 15) is 14.0 Å². The number of halogens is 1. The van der Waals surface area contributed by atoms with Crippen LogP contribution in [-0.4, -0.2) is 40.7 Å². The van der Waals surface area contributed by atoms with Crippen LogP contribution in [0.25, 0.3) is 0 Å². The fourth-order valence-corrected chi connectivity index (χ4v) is 2.98. The van der Waals surface area contributed by atoms with Crippen molar-refractivity contribution < 1.29 is 14.0 Å². The lowest BCUT2D eigenvalue weighted by Crippen LogP contribution is -2.56. The van der Waals surface area contributed by atoms with Gasteiger partial charge in [0.2, 0.25) is 11.8 Å². The number of carbonyl (C=O) groups is 2. The second kappa shape index (κ2) is 5.17. The van der Waals surface area contributed by atoms with Gasteiger partial charge in [0.25, 0.3) is 0 Å². The molecular weight excluding hydrogens is 273 g/mol. The Hall–Kier alpha value is -2.42. The lowest BCUT2D eigenvalue weighted by molar-refractivity contribution is -0.154. The first-order valence-electron chi connectivity index (χ1n) is 6.87. The van der Waals surface area contributed by atoms with Gasteiger partial charge < -0.3 is 9.80 Å². The molecule has 2 aliphatic rings. The van der Waals surface area contributed by atoms with Gasteiger partial charge in [0.05, 0.1) is 5.56 Å². The van der Waals surface area contributed by atoms with E-state index < -0.39 is 5.82 Å². The first kappa shape index (κ1) is 13.6. The Balaban J connectivity index is 1.80. The highest BCUT2D eigenvalue weighted by Crippen LogP contribution is 2.25. The van der Waals surface area contributed by atoms with E-state index in [0.29, 0.717) is 18.5 Å². The van der Waals surface area contributed by atoms with E-state index in [-0.39, 0.29) is 36.5 Å². The summed E-state index contributed by atoms with van der Waals surface area (Å²) in [7, 11) is 0. The van der Waals surface area contributed by atoms with Crippen LogP contribution in [0.4, 0.5) is 4.39 Å². The number of piperazine rings is 1. The second-order valence-corrected chi connectivity index (χ2v) is 5.37. The molecule has 0 aromatic heterocycles. The Morgan fingerprint density at radius 1 is 1.38 bits per heavy atom. The molecule has 0 saturated carbocycles. The van der Waals surface area contributed by atoms with Crippen LogP contribution in [0.5, 0.6) is 0 Å². The van der Waals surface area contributed by atoms with Crippen molar-refractivity contribution in [2.45, 2.75) is 25.4 Å². The molecule has 108 valence electrons. The zero-order chi connectivity index (χ0) is 15.0. The molecule has 2 fully saturated rings. The van der Waals surface area contributed by atoms with E-state index >= 15 is 0 Å². The number of carbonyl (C=O) groups excluding carboxylic acids is 2. The minimum atomic E-state index is -0.579. The molecule has 2 heterocycles. The fraction of sp³-hybridized carbons (Fsp3) is 0.400. The van der Waals surface area contributed by atoms with Crippen LogP contribution in [0, 0.1) is 17.1 Å². The normalized spacial score (nSPS) is 21.4. The number of hydrogen-bond donors (Lipinski definition) is 0. The summed E-state index contributed by atoms with van der Waals surface area (Å²) in [5.41, 5.74) is 0.603. The first-order valence-corrected chi connectivity index (χ1v) is 6.87. The van der Waals surface area contributed by atoms with Crippen LogP contribution in [0.2, 0.25) is 0 Å². The second-order valence-electron chi connectivity index (χ2n) is 5.37. The summed E-state index contributed by atoms with van der Waals surface area (Å²) >= 11 is 0. The van der Waals surface area contributed by atoms with Crippen molar-refractivity contribution in [1.29, 1.82) is 5.26 Å². The molecule has 0 spiro atoms. The summed E-state index contributed by atoms with van der Waals surface area (Å²) < 4.78 is 13.3.